The number of anilines is 1. The van der Waals surface area contributed by atoms with Gasteiger partial charge < -0.3 is 20.3 Å². The van der Waals surface area contributed by atoms with Gasteiger partial charge in [0.2, 0.25) is 5.91 Å². The Kier molecular flexibility index (Phi) is 9.68. The number of carbonyl (C=O) groups is 3. The maximum Gasteiger partial charge on any atom is 0.408 e. The molecule has 0 spiro atoms. The van der Waals surface area contributed by atoms with Crippen LogP contribution < -0.4 is 10.6 Å². The first-order valence-electron chi connectivity index (χ1n) is 12.5. The Bertz CT molecular complexity index is 1090. The minimum absolute atomic E-state index is 0.270. The largest absolute Gasteiger partial charge is 0.444 e. The van der Waals surface area contributed by atoms with Gasteiger partial charge in [-0.2, -0.15) is 0 Å². The van der Waals surface area contributed by atoms with E-state index in [9.17, 15) is 14.4 Å². The molecule has 3 unspecified atom stereocenters. The van der Waals surface area contributed by atoms with Crippen molar-refractivity contribution in [2.24, 2.45) is 0 Å². The first-order valence-corrected chi connectivity index (χ1v) is 12.5. The van der Waals surface area contributed by atoms with Gasteiger partial charge >= 0.3 is 6.09 Å². The van der Waals surface area contributed by atoms with Crippen molar-refractivity contribution in [3.8, 4) is 0 Å². The van der Waals surface area contributed by atoms with E-state index in [1.165, 1.54) is 0 Å². The fourth-order valence-corrected chi connectivity index (χ4v) is 4.03. The highest BCUT2D eigenvalue weighted by atomic mass is 16.6. The van der Waals surface area contributed by atoms with E-state index in [1.54, 1.807) is 32.6 Å². The Morgan fingerprint density at radius 1 is 0.972 bits per heavy atom. The molecule has 7 heteroatoms. The number of carbonyl (C=O) groups excluding carboxylic acids is 3. The summed E-state index contributed by atoms with van der Waals surface area (Å²) in [7, 11) is 0. The number of para-hydroxylation sites is 1. The number of benzene rings is 2. The summed E-state index contributed by atoms with van der Waals surface area (Å²) in [5, 5.41) is 5.67. The Morgan fingerprint density at radius 2 is 1.61 bits per heavy atom. The number of hydrogen-bond donors (Lipinski definition) is 2. The summed E-state index contributed by atoms with van der Waals surface area (Å²) >= 11 is 0. The molecule has 0 aromatic heterocycles. The van der Waals surface area contributed by atoms with E-state index in [4.69, 9.17) is 4.74 Å². The zero-order valence-corrected chi connectivity index (χ0v) is 23.1. The Hall–Kier alpha value is -3.35. The number of alkyl carbamates (subject to hydrolysis) is 1. The van der Waals surface area contributed by atoms with E-state index >= 15 is 0 Å². The number of ether oxygens (including phenoxy) is 1. The lowest BCUT2D eigenvalue weighted by Crippen LogP contribution is -2.54. The molecular formula is C29H41N3O4. The van der Waals surface area contributed by atoms with Crippen LogP contribution in [0.15, 0.2) is 42.5 Å². The molecule has 196 valence electrons. The third-order valence-electron chi connectivity index (χ3n) is 6.07. The molecule has 3 amide bonds. The number of aryl methyl sites for hydroxylation is 3. The molecule has 0 heterocycles. The summed E-state index contributed by atoms with van der Waals surface area (Å²) in [6.45, 7) is 16.6. The molecule has 0 fully saturated rings. The van der Waals surface area contributed by atoms with Gasteiger partial charge in [-0.25, -0.2) is 4.79 Å². The SMILES string of the molecule is CCC(C)N(C(=O)C(C)NC(=O)OC(C)(C)C)C(C(=O)Nc1ccccc1C)c1ccc(C)cc1C. The van der Waals surface area contributed by atoms with Gasteiger partial charge in [0.15, 0.2) is 0 Å². The van der Waals surface area contributed by atoms with Crippen LogP contribution in [0.3, 0.4) is 0 Å². The minimum Gasteiger partial charge on any atom is -0.444 e. The molecule has 2 rings (SSSR count). The molecule has 2 aromatic rings. The molecule has 7 nitrogen and oxygen atoms in total. The molecule has 0 aliphatic carbocycles. The van der Waals surface area contributed by atoms with Crippen LogP contribution in [0.1, 0.15) is 76.3 Å². The fourth-order valence-electron chi connectivity index (χ4n) is 4.03. The van der Waals surface area contributed by atoms with E-state index in [1.807, 2.05) is 77.1 Å². The van der Waals surface area contributed by atoms with Gasteiger partial charge in [-0.05, 0) is 84.6 Å². The van der Waals surface area contributed by atoms with Crippen molar-refractivity contribution in [2.45, 2.75) is 92.5 Å². The van der Waals surface area contributed by atoms with Crippen molar-refractivity contribution < 1.29 is 19.1 Å². The molecule has 0 aliphatic rings. The third kappa shape index (κ3) is 7.57. The molecular weight excluding hydrogens is 454 g/mol. The van der Waals surface area contributed by atoms with Crippen molar-refractivity contribution in [1.82, 2.24) is 10.2 Å². The van der Waals surface area contributed by atoms with Gasteiger partial charge in [-0.3, -0.25) is 9.59 Å². The van der Waals surface area contributed by atoms with Gasteiger partial charge in [0.25, 0.3) is 5.91 Å². The average molecular weight is 496 g/mol. The topological polar surface area (TPSA) is 87.7 Å². The maximum atomic E-state index is 13.9. The summed E-state index contributed by atoms with van der Waals surface area (Å²) < 4.78 is 5.34. The molecule has 2 N–H and O–H groups in total. The second kappa shape index (κ2) is 12.1. The van der Waals surface area contributed by atoms with Crippen molar-refractivity contribution in [2.75, 3.05) is 5.32 Å². The van der Waals surface area contributed by atoms with Crippen LogP contribution >= 0.6 is 0 Å². The van der Waals surface area contributed by atoms with E-state index < -0.39 is 23.8 Å². The monoisotopic (exact) mass is 495 g/mol. The van der Waals surface area contributed by atoms with Crippen LogP contribution in [-0.2, 0) is 14.3 Å². The summed E-state index contributed by atoms with van der Waals surface area (Å²) in [6.07, 6.45) is -0.0517. The zero-order chi connectivity index (χ0) is 27.2. The number of rotatable bonds is 8. The Morgan fingerprint density at radius 3 is 2.17 bits per heavy atom. The molecule has 3 atom stereocenters. The summed E-state index contributed by atoms with van der Waals surface area (Å²) in [5.41, 5.74) is 3.63. The molecule has 0 radical (unpaired) electrons. The highest BCUT2D eigenvalue weighted by Gasteiger charge is 2.38. The Balaban J connectivity index is 2.52. The summed E-state index contributed by atoms with van der Waals surface area (Å²) in [5.74, 6) is -0.672. The van der Waals surface area contributed by atoms with Crippen LogP contribution in [0.25, 0.3) is 0 Å². The highest BCUT2D eigenvalue weighted by Crippen LogP contribution is 2.30. The van der Waals surface area contributed by atoms with Crippen molar-refractivity contribution in [1.29, 1.82) is 0 Å². The van der Waals surface area contributed by atoms with E-state index in [-0.39, 0.29) is 17.9 Å². The summed E-state index contributed by atoms with van der Waals surface area (Å²) in [6, 6.07) is 11.3. The summed E-state index contributed by atoms with van der Waals surface area (Å²) in [4.78, 5) is 41.7. The fraction of sp³-hybridized carbons (Fsp3) is 0.483. The Labute approximate surface area is 215 Å². The minimum atomic E-state index is -0.895. The van der Waals surface area contributed by atoms with Crippen molar-refractivity contribution >= 4 is 23.6 Å². The average Bonchev–Trinajstić information content (AvgIpc) is 2.77. The first-order chi connectivity index (χ1) is 16.7. The number of nitrogens with zero attached hydrogens (tertiary/aromatic N) is 1. The maximum absolute atomic E-state index is 13.9. The van der Waals surface area contributed by atoms with Crippen LogP contribution in [0.5, 0.6) is 0 Å². The van der Waals surface area contributed by atoms with Gasteiger partial charge in [0.1, 0.15) is 17.7 Å². The van der Waals surface area contributed by atoms with Crippen LogP contribution in [0, 0.1) is 20.8 Å². The molecule has 0 saturated heterocycles. The second-order valence-electron chi connectivity index (χ2n) is 10.4. The number of hydrogen-bond acceptors (Lipinski definition) is 4. The van der Waals surface area contributed by atoms with Crippen LogP contribution in [0.4, 0.5) is 10.5 Å². The van der Waals surface area contributed by atoms with Gasteiger partial charge in [-0.1, -0.05) is 48.9 Å². The lowest BCUT2D eigenvalue weighted by Gasteiger charge is -2.38. The number of amides is 3. The third-order valence-corrected chi connectivity index (χ3v) is 6.07. The van der Waals surface area contributed by atoms with E-state index in [2.05, 4.69) is 10.6 Å². The highest BCUT2D eigenvalue weighted by molar-refractivity contribution is 5.99. The van der Waals surface area contributed by atoms with E-state index in [0.717, 1.165) is 22.3 Å². The predicted octanol–water partition coefficient (Wildman–Crippen LogP) is 5.83. The zero-order valence-electron chi connectivity index (χ0n) is 23.1. The normalized spacial score (nSPS) is 13.8. The van der Waals surface area contributed by atoms with E-state index in [0.29, 0.717) is 12.1 Å². The van der Waals surface area contributed by atoms with Gasteiger partial charge in [0.05, 0.1) is 0 Å². The van der Waals surface area contributed by atoms with Gasteiger partial charge in [0, 0.05) is 11.7 Å². The van der Waals surface area contributed by atoms with Crippen molar-refractivity contribution in [3.05, 3.63) is 64.7 Å². The quantitative estimate of drug-likeness (QED) is 0.482. The number of nitrogens with one attached hydrogen (secondary N) is 2. The molecule has 0 saturated carbocycles. The molecule has 36 heavy (non-hydrogen) atoms. The lowest BCUT2D eigenvalue weighted by atomic mass is 9.95. The predicted molar refractivity (Wildman–Crippen MR) is 144 cm³/mol. The van der Waals surface area contributed by atoms with Crippen LogP contribution in [0.2, 0.25) is 0 Å². The molecule has 0 aliphatic heterocycles. The molecule has 0 bridgehead atoms. The van der Waals surface area contributed by atoms with Crippen molar-refractivity contribution in [3.63, 3.8) is 0 Å². The van der Waals surface area contributed by atoms with Crippen LogP contribution in [-0.4, -0.2) is 40.5 Å². The smallest absolute Gasteiger partial charge is 0.408 e. The lowest BCUT2D eigenvalue weighted by molar-refractivity contribution is -0.143. The second-order valence-corrected chi connectivity index (χ2v) is 10.4. The van der Waals surface area contributed by atoms with Gasteiger partial charge in [-0.15, -0.1) is 0 Å². The standard InChI is InChI=1S/C29H41N3O4/c1-10-21(5)32(27(34)22(6)30-28(35)36-29(7,8)9)25(23-16-15-18(2)17-20(23)4)26(33)31-24-14-12-11-13-19(24)3/h11-17,21-22,25H,10H2,1-9H3,(H,30,35)(H,31,33). The first kappa shape index (κ1) is 28.9. The molecule has 2 aromatic carbocycles.